The van der Waals surface area contributed by atoms with E-state index in [1.54, 1.807) is 0 Å². The van der Waals surface area contributed by atoms with Crippen LogP contribution in [0.4, 0.5) is 10.5 Å². The predicted octanol–water partition coefficient (Wildman–Crippen LogP) is 4.22. The molecule has 4 rings (SSSR count). The van der Waals surface area contributed by atoms with Gasteiger partial charge in [-0.15, -0.1) is 5.10 Å². The van der Waals surface area contributed by atoms with Gasteiger partial charge in [-0.05, 0) is 54.1 Å². The number of rotatable bonds is 4. The Morgan fingerprint density at radius 3 is 2.65 bits per heavy atom. The highest BCUT2D eigenvalue weighted by Crippen LogP contribution is 2.24. The van der Waals surface area contributed by atoms with E-state index in [1.807, 2.05) is 34.5 Å². The first-order valence-electron chi connectivity index (χ1n) is 8.67. The summed E-state index contributed by atoms with van der Waals surface area (Å²) in [6.45, 7) is 3.76. The number of nitrogens with zero attached hydrogens (tertiary/aromatic N) is 3. The zero-order valence-electron chi connectivity index (χ0n) is 14.6. The lowest BCUT2D eigenvalue weighted by molar-refractivity contribution is 0.131. The Balaban J connectivity index is 1.29. The Labute approximate surface area is 156 Å². The maximum atomic E-state index is 12.4. The predicted molar refractivity (Wildman–Crippen MR) is 104 cm³/mol. The van der Waals surface area contributed by atoms with Gasteiger partial charge >= 0.3 is 6.03 Å². The van der Waals surface area contributed by atoms with Crippen molar-refractivity contribution in [1.82, 2.24) is 14.5 Å². The molecule has 1 aromatic heterocycles. The van der Waals surface area contributed by atoms with Crippen LogP contribution in [0.5, 0.6) is 0 Å². The van der Waals surface area contributed by atoms with Crippen LogP contribution >= 0.6 is 11.5 Å². The summed E-state index contributed by atoms with van der Waals surface area (Å²) < 4.78 is 3.87. The van der Waals surface area contributed by atoms with Crippen LogP contribution in [0.3, 0.4) is 0 Å². The van der Waals surface area contributed by atoms with Crippen molar-refractivity contribution in [3.05, 3.63) is 65.0 Å². The Bertz CT molecular complexity index is 886. The van der Waals surface area contributed by atoms with Crippen LogP contribution in [-0.2, 0) is 6.42 Å². The summed E-state index contributed by atoms with van der Waals surface area (Å²) in [5.74, 6) is 0.543. The van der Waals surface area contributed by atoms with Crippen molar-refractivity contribution in [2.24, 2.45) is 5.92 Å². The van der Waals surface area contributed by atoms with Crippen molar-refractivity contribution >= 4 is 23.3 Å². The monoisotopic (exact) mass is 364 g/mol. The molecule has 2 heterocycles. The smallest absolute Gasteiger partial charge is 0.321 e. The van der Waals surface area contributed by atoms with Crippen LogP contribution in [-0.4, -0.2) is 33.6 Å². The molecule has 5 nitrogen and oxygen atoms in total. The van der Waals surface area contributed by atoms with Crippen molar-refractivity contribution in [3.63, 3.8) is 0 Å². The van der Waals surface area contributed by atoms with E-state index in [-0.39, 0.29) is 6.03 Å². The average Bonchev–Trinajstić information content (AvgIpc) is 3.14. The number of urea groups is 1. The molecule has 132 valence electrons. The Hall–Kier alpha value is -2.73. The van der Waals surface area contributed by atoms with Crippen molar-refractivity contribution < 1.29 is 4.79 Å². The highest BCUT2D eigenvalue weighted by atomic mass is 32.1. The second kappa shape index (κ2) is 7.25. The molecule has 1 fully saturated rings. The zero-order chi connectivity index (χ0) is 17.9. The number of likely N-dealkylation sites (tertiary alicyclic amines) is 1. The number of amides is 2. The summed E-state index contributed by atoms with van der Waals surface area (Å²) in [5.41, 5.74) is 5.36. The SMILES string of the molecule is Cc1ccccc1CC1CN(C(=O)Nc2ccc(-c3csnn3)cc2)C1. The molecule has 0 saturated carbocycles. The van der Waals surface area contributed by atoms with Crippen LogP contribution in [0.25, 0.3) is 11.3 Å². The highest BCUT2D eigenvalue weighted by molar-refractivity contribution is 7.03. The summed E-state index contributed by atoms with van der Waals surface area (Å²) in [7, 11) is 0. The van der Waals surface area contributed by atoms with Gasteiger partial charge in [-0.1, -0.05) is 40.9 Å². The van der Waals surface area contributed by atoms with Gasteiger partial charge in [0.25, 0.3) is 0 Å². The molecule has 3 aromatic rings. The Morgan fingerprint density at radius 1 is 1.19 bits per heavy atom. The summed E-state index contributed by atoms with van der Waals surface area (Å²) in [6.07, 6.45) is 1.03. The van der Waals surface area contributed by atoms with E-state index in [4.69, 9.17) is 0 Å². The van der Waals surface area contributed by atoms with Crippen molar-refractivity contribution in [1.29, 1.82) is 0 Å². The number of aromatic nitrogens is 2. The van der Waals surface area contributed by atoms with Gasteiger partial charge in [-0.25, -0.2) is 4.79 Å². The van der Waals surface area contributed by atoms with Crippen molar-refractivity contribution in [3.8, 4) is 11.3 Å². The van der Waals surface area contributed by atoms with Crippen LogP contribution in [0.1, 0.15) is 11.1 Å². The second-order valence-electron chi connectivity index (χ2n) is 6.70. The van der Waals surface area contributed by atoms with Gasteiger partial charge in [0.1, 0.15) is 5.69 Å². The van der Waals surface area contributed by atoms with Gasteiger partial charge in [0.05, 0.1) is 0 Å². The third kappa shape index (κ3) is 3.60. The number of hydrogen-bond donors (Lipinski definition) is 1. The summed E-state index contributed by atoms with van der Waals surface area (Å²) in [4.78, 5) is 14.2. The maximum absolute atomic E-state index is 12.4. The fourth-order valence-corrected chi connectivity index (χ4v) is 3.70. The lowest BCUT2D eigenvalue weighted by Gasteiger charge is -2.39. The van der Waals surface area contributed by atoms with Gasteiger partial charge in [0.2, 0.25) is 0 Å². The molecular weight excluding hydrogens is 344 g/mol. The van der Waals surface area contributed by atoms with Crippen LogP contribution in [0.15, 0.2) is 53.9 Å². The minimum atomic E-state index is -0.0332. The molecule has 1 aliphatic heterocycles. The quantitative estimate of drug-likeness (QED) is 0.754. The first-order chi connectivity index (χ1) is 12.7. The molecule has 0 aliphatic carbocycles. The van der Waals surface area contributed by atoms with Crippen LogP contribution in [0, 0.1) is 12.8 Å². The minimum absolute atomic E-state index is 0.0332. The molecule has 1 saturated heterocycles. The number of carbonyl (C=O) groups is 1. The zero-order valence-corrected chi connectivity index (χ0v) is 15.4. The number of nitrogens with one attached hydrogen (secondary N) is 1. The Kier molecular flexibility index (Phi) is 4.67. The molecule has 0 spiro atoms. The number of aryl methyl sites for hydroxylation is 1. The topological polar surface area (TPSA) is 58.1 Å². The largest absolute Gasteiger partial charge is 0.324 e. The number of hydrogen-bond acceptors (Lipinski definition) is 4. The van der Waals surface area contributed by atoms with E-state index in [0.717, 1.165) is 36.5 Å². The fraction of sp³-hybridized carbons (Fsp3) is 0.250. The van der Waals surface area contributed by atoms with Gasteiger partial charge in [0, 0.05) is 29.7 Å². The third-order valence-electron chi connectivity index (χ3n) is 4.81. The van der Waals surface area contributed by atoms with Crippen LogP contribution < -0.4 is 5.32 Å². The second-order valence-corrected chi connectivity index (χ2v) is 7.31. The lowest BCUT2D eigenvalue weighted by atomic mass is 9.90. The first kappa shape index (κ1) is 16.7. The minimum Gasteiger partial charge on any atom is -0.324 e. The molecule has 2 amide bonds. The molecule has 6 heteroatoms. The first-order valence-corrected chi connectivity index (χ1v) is 9.50. The van der Waals surface area contributed by atoms with Crippen LogP contribution in [0.2, 0.25) is 0 Å². The Morgan fingerprint density at radius 2 is 1.96 bits per heavy atom. The molecular formula is C20H20N4OS. The average molecular weight is 364 g/mol. The van der Waals surface area contributed by atoms with Gasteiger partial charge in [-0.3, -0.25) is 0 Å². The molecule has 0 radical (unpaired) electrons. The normalized spacial score (nSPS) is 14.1. The lowest BCUT2D eigenvalue weighted by Crippen LogP contribution is -2.52. The molecule has 1 N–H and O–H groups in total. The van der Waals surface area contributed by atoms with E-state index in [1.165, 1.54) is 22.7 Å². The van der Waals surface area contributed by atoms with E-state index >= 15 is 0 Å². The van der Waals surface area contributed by atoms with E-state index in [0.29, 0.717) is 5.92 Å². The van der Waals surface area contributed by atoms with E-state index in [9.17, 15) is 4.79 Å². The molecule has 0 unspecified atom stereocenters. The van der Waals surface area contributed by atoms with Gasteiger partial charge < -0.3 is 10.2 Å². The standard InChI is InChI=1S/C20H20N4OS/c1-14-4-2-3-5-17(14)10-15-11-24(12-15)20(25)21-18-8-6-16(7-9-18)19-13-26-23-22-19/h2-9,13,15H,10-12H2,1H3,(H,21,25). The van der Waals surface area contributed by atoms with Gasteiger partial charge in [0.15, 0.2) is 0 Å². The summed E-state index contributed by atoms with van der Waals surface area (Å²) in [6, 6.07) is 16.1. The molecule has 1 aliphatic rings. The highest BCUT2D eigenvalue weighted by Gasteiger charge is 2.30. The summed E-state index contributed by atoms with van der Waals surface area (Å²) in [5, 5.41) is 8.92. The number of anilines is 1. The maximum Gasteiger partial charge on any atom is 0.321 e. The number of benzene rings is 2. The van der Waals surface area contributed by atoms with E-state index < -0.39 is 0 Å². The fourth-order valence-electron chi connectivity index (χ4n) is 3.23. The molecule has 2 aromatic carbocycles. The molecule has 26 heavy (non-hydrogen) atoms. The van der Waals surface area contributed by atoms with E-state index in [2.05, 4.69) is 46.1 Å². The third-order valence-corrected chi connectivity index (χ3v) is 5.31. The number of carbonyl (C=O) groups excluding carboxylic acids is 1. The van der Waals surface area contributed by atoms with Gasteiger partial charge in [-0.2, -0.15) is 0 Å². The van der Waals surface area contributed by atoms with Crippen molar-refractivity contribution in [2.75, 3.05) is 18.4 Å². The molecule has 0 atom stereocenters. The molecule has 0 bridgehead atoms. The summed E-state index contributed by atoms with van der Waals surface area (Å²) >= 11 is 1.33. The van der Waals surface area contributed by atoms with Crippen molar-refractivity contribution in [2.45, 2.75) is 13.3 Å².